The Morgan fingerprint density at radius 1 is 1.15 bits per heavy atom. The number of carbonyl (C=O) groups is 2. The third kappa shape index (κ3) is 5.57. The summed E-state index contributed by atoms with van der Waals surface area (Å²) < 4.78 is 5.03. The number of oxazole rings is 1. The van der Waals surface area contributed by atoms with Crippen molar-refractivity contribution in [2.75, 3.05) is 10.6 Å². The molecule has 4 aromatic rings. The van der Waals surface area contributed by atoms with Crippen molar-refractivity contribution in [2.45, 2.75) is 25.8 Å². The highest BCUT2D eigenvalue weighted by Crippen LogP contribution is 2.24. The number of aryl methyl sites for hydroxylation is 1. The minimum atomic E-state index is -0.493. The zero-order valence-corrected chi connectivity index (χ0v) is 18.2. The van der Waals surface area contributed by atoms with E-state index in [1.165, 1.54) is 0 Å². The van der Waals surface area contributed by atoms with Gasteiger partial charge in [-0.1, -0.05) is 0 Å². The Bertz CT molecular complexity index is 1370. The molecule has 5 rings (SSSR count). The van der Waals surface area contributed by atoms with Crippen molar-refractivity contribution in [3.05, 3.63) is 70.3 Å². The van der Waals surface area contributed by atoms with E-state index in [2.05, 4.69) is 30.9 Å². The summed E-state index contributed by atoms with van der Waals surface area (Å²) in [7, 11) is 0. The van der Waals surface area contributed by atoms with Gasteiger partial charge in [0.25, 0.3) is 12.4 Å². The molecule has 2 heterocycles. The standard InChI is InChI=1S/C22H20N6O3.CH2O2/c1-12-11-23-21(26-15-4-2-13(3-5-15)20(29)25-14-6-7-14)28-19(12)24-16-8-9-18-17(10-16)27-22(30)31-18;2-1-3/h2-5,8-11,14H,6-7H2,1H3,(H,25,29)(H,27,30)(H2,23,24,26,28);1H,(H,2,3). The van der Waals surface area contributed by atoms with Crippen LogP contribution in [0, 0.1) is 6.92 Å². The molecule has 0 spiro atoms. The van der Waals surface area contributed by atoms with Crippen molar-refractivity contribution in [1.29, 1.82) is 0 Å². The van der Waals surface area contributed by atoms with E-state index in [0.29, 0.717) is 34.5 Å². The molecule has 0 saturated heterocycles. The zero-order valence-electron chi connectivity index (χ0n) is 18.2. The summed E-state index contributed by atoms with van der Waals surface area (Å²) in [5, 5.41) is 16.3. The molecule has 1 amide bonds. The van der Waals surface area contributed by atoms with Crippen LogP contribution in [0.25, 0.3) is 11.1 Å². The molecule has 1 fully saturated rings. The summed E-state index contributed by atoms with van der Waals surface area (Å²) in [6, 6.07) is 12.8. The van der Waals surface area contributed by atoms with Gasteiger partial charge in [0.15, 0.2) is 5.58 Å². The fourth-order valence-electron chi connectivity index (χ4n) is 3.13. The summed E-state index contributed by atoms with van der Waals surface area (Å²) in [5.74, 6) is 0.500. The molecule has 2 aromatic carbocycles. The smallest absolute Gasteiger partial charge is 0.417 e. The number of H-pyrrole nitrogens is 1. The third-order valence-electron chi connectivity index (χ3n) is 4.97. The first-order chi connectivity index (χ1) is 16.4. The lowest BCUT2D eigenvalue weighted by atomic mass is 10.2. The minimum Gasteiger partial charge on any atom is -0.483 e. The number of aromatic amines is 1. The molecule has 0 atom stereocenters. The maximum absolute atomic E-state index is 12.1. The van der Waals surface area contributed by atoms with Gasteiger partial charge in [-0.15, -0.1) is 0 Å². The summed E-state index contributed by atoms with van der Waals surface area (Å²) in [4.78, 5) is 43.3. The van der Waals surface area contributed by atoms with E-state index >= 15 is 0 Å². The Kier molecular flexibility index (Phi) is 6.53. The fraction of sp³-hybridized carbons (Fsp3) is 0.174. The van der Waals surface area contributed by atoms with E-state index in [1.54, 1.807) is 36.5 Å². The van der Waals surface area contributed by atoms with Gasteiger partial charge in [0.1, 0.15) is 5.82 Å². The van der Waals surface area contributed by atoms with Gasteiger partial charge in [-0.3, -0.25) is 14.6 Å². The molecule has 1 aliphatic rings. The Morgan fingerprint density at radius 2 is 1.85 bits per heavy atom. The van der Waals surface area contributed by atoms with Crippen molar-refractivity contribution in [2.24, 2.45) is 0 Å². The molecule has 0 bridgehead atoms. The third-order valence-corrected chi connectivity index (χ3v) is 4.97. The van der Waals surface area contributed by atoms with Gasteiger partial charge in [-0.2, -0.15) is 4.98 Å². The van der Waals surface area contributed by atoms with Crippen molar-refractivity contribution < 1.29 is 19.1 Å². The molecule has 5 N–H and O–H groups in total. The quantitative estimate of drug-likeness (QED) is 0.271. The number of fused-ring (bicyclic) bond motifs is 1. The minimum absolute atomic E-state index is 0.0527. The second kappa shape index (κ2) is 9.86. The van der Waals surface area contributed by atoms with Crippen LogP contribution in [0.3, 0.4) is 0 Å². The molecule has 1 aliphatic carbocycles. The molecule has 0 aliphatic heterocycles. The van der Waals surface area contributed by atoms with Gasteiger partial charge >= 0.3 is 5.76 Å². The van der Waals surface area contributed by atoms with Crippen LogP contribution in [0.4, 0.5) is 23.1 Å². The number of aromatic nitrogens is 3. The van der Waals surface area contributed by atoms with Crippen molar-refractivity contribution in [3.8, 4) is 0 Å². The predicted octanol–water partition coefficient (Wildman–Crippen LogP) is 3.30. The summed E-state index contributed by atoms with van der Waals surface area (Å²) in [6.07, 6.45) is 3.83. The zero-order chi connectivity index (χ0) is 24.1. The number of nitrogens with zero attached hydrogens (tertiary/aromatic N) is 2. The summed E-state index contributed by atoms with van der Waals surface area (Å²) in [5.41, 5.74) is 4.10. The molecule has 0 radical (unpaired) electrons. The lowest BCUT2D eigenvalue weighted by molar-refractivity contribution is -0.122. The van der Waals surface area contributed by atoms with Crippen LogP contribution in [-0.4, -0.2) is 38.5 Å². The average molecular weight is 462 g/mol. The second-order valence-corrected chi connectivity index (χ2v) is 7.63. The van der Waals surface area contributed by atoms with E-state index in [9.17, 15) is 9.59 Å². The largest absolute Gasteiger partial charge is 0.483 e. The van der Waals surface area contributed by atoms with Crippen LogP contribution >= 0.6 is 0 Å². The van der Waals surface area contributed by atoms with Crippen molar-refractivity contribution >= 4 is 46.6 Å². The number of rotatable bonds is 6. The first-order valence-electron chi connectivity index (χ1n) is 10.4. The van der Waals surface area contributed by atoms with Crippen LogP contribution < -0.4 is 21.7 Å². The number of amides is 1. The predicted molar refractivity (Wildman–Crippen MR) is 126 cm³/mol. The first-order valence-corrected chi connectivity index (χ1v) is 10.4. The number of nitrogens with one attached hydrogen (secondary N) is 4. The molecule has 1 saturated carbocycles. The summed E-state index contributed by atoms with van der Waals surface area (Å²) >= 11 is 0. The number of hydrogen-bond donors (Lipinski definition) is 5. The highest BCUT2D eigenvalue weighted by atomic mass is 16.4. The van der Waals surface area contributed by atoms with Crippen LogP contribution in [0.2, 0.25) is 0 Å². The lowest BCUT2D eigenvalue weighted by Gasteiger charge is -2.11. The molecule has 34 heavy (non-hydrogen) atoms. The molecule has 0 unspecified atom stereocenters. The van der Waals surface area contributed by atoms with Gasteiger partial charge in [-0.25, -0.2) is 9.78 Å². The van der Waals surface area contributed by atoms with Crippen LogP contribution in [0.15, 0.2) is 57.9 Å². The topological polar surface area (TPSA) is 162 Å². The van der Waals surface area contributed by atoms with Gasteiger partial charge in [0, 0.05) is 34.7 Å². The molecular weight excluding hydrogens is 440 g/mol. The second-order valence-electron chi connectivity index (χ2n) is 7.63. The van der Waals surface area contributed by atoms with Gasteiger partial charge < -0.3 is 25.5 Å². The van der Waals surface area contributed by atoms with Gasteiger partial charge in [-0.05, 0) is 62.2 Å². The fourth-order valence-corrected chi connectivity index (χ4v) is 3.13. The number of hydrogen-bond acceptors (Lipinski definition) is 8. The van der Waals surface area contributed by atoms with E-state index in [1.807, 2.05) is 19.1 Å². The van der Waals surface area contributed by atoms with E-state index < -0.39 is 5.76 Å². The van der Waals surface area contributed by atoms with Crippen LogP contribution in [0.5, 0.6) is 0 Å². The Labute approximate surface area is 193 Å². The lowest BCUT2D eigenvalue weighted by Crippen LogP contribution is -2.25. The maximum atomic E-state index is 12.1. The number of carboxylic acid groups (broad SMARTS) is 1. The Balaban J connectivity index is 0.000000868. The van der Waals surface area contributed by atoms with Crippen LogP contribution in [-0.2, 0) is 4.79 Å². The first kappa shape index (κ1) is 22.5. The van der Waals surface area contributed by atoms with Crippen LogP contribution in [0.1, 0.15) is 28.8 Å². The molecule has 11 nitrogen and oxygen atoms in total. The number of benzene rings is 2. The molecule has 2 aromatic heterocycles. The van der Waals surface area contributed by atoms with Gasteiger partial charge in [0.2, 0.25) is 5.95 Å². The summed E-state index contributed by atoms with van der Waals surface area (Å²) in [6.45, 7) is 1.65. The normalized spacial score (nSPS) is 12.4. The highest BCUT2D eigenvalue weighted by Gasteiger charge is 2.23. The van der Waals surface area contributed by atoms with E-state index in [0.717, 1.165) is 29.8 Å². The maximum Gasteiger partial charge on any atom is 0.417 e. The molecular formula is C23H22N6O5. The average Bonchev–Trinajstić information content (AvgIpc) is 3.55. The van der Waals surface area contributed by atoms with E-state index in [-0.39, 0.29) is 12.4 Å². The number of anilines is 4. The Hall–Kier alpha value is -4.67. The van der Waals surface area contributed by atoms with E-state index in [4.69, 9.17) is 14.3 Å². The number of carbonyl (C=O) groups excluding carboxylic acids is 1. The van der Waals surface area contributed by atoms with Crippen molar-refractivity contribution in [1.82, 2.24) is 20.3 Å². The SMILES string of the molecule is Cc1cnc(Nc2ccc(C(=O)NC3CC3)cc2)nc1Nc1ccc2oc(=O)[nH]c2c1.O=CO. The monoisotopic (exact) mass is 462 g/mol. The highest BCUT2D eigenvalue weighted by molar-refractivity contribution is 5.95. The molecule has 11 heteroatoms. The Morgan fingerprint density at radius 3 is 2.56 bits per heavy atom. The molecule has 174 valence electrons. The van der Waals surface area contributed by atoms with Crippen molar-refractivity contribution in [3.63, 3.8) is 0 Å². The van der Waals surface area contributed by atoms with Gasteiger partial charge in [0.05, 0.1) is 5.52 Å².